The van der Waals surface area contributed by atoms with E-state index in [1.165, 1.54) is 6.92 Å². The Hall–Kier alpha value is -1.09. The molecule has 0 aliphatic rings. The number of nitrogens with two attached hydrogens (primary N) is 1. The van der Waals surface area contributed by atoms with Crippen LogP contribution in [0.1, 0.15) is 20.3 Å². The van der Waals surface area contributed by atoms with E-state index in [2.05, 4.69) is 9.88 Å². The molecule has 0 heterocycles. The second-order valence-electron chi connectivity index (χ2n) is 4.45. The van der Waals surface area contributed by atoms with Crippen LogP contribution in [0.4, 0.5) is 4.39 Å². The predicted octanol–water partition coefficient (Wildman–Crippen LogP) is 2.33. The minimum atomic E-state index is -4.21. The standard InChI is InChI=1S/C11H14Cl2FN3O3S/c1-3-11(2,10(15)16-18)17-21(19,20)7-5-4-6(12)9(14)8(7)13/h4-5,17-18H,3H2,1-2H3,(H2,15,16). The fourth-order valence-corrected chi connectivity index (χ4v) is 3.68. The van der Waals surface area contributed by atoms with E-state index >= 15 is 0 Å². The van der Waals surface area contributed by atoms with Crippen LogP contribution in [-0.2, 0) is 10.0 Å². The highest BCUT2D eigenvalue weighted by Gasteiger charge is 2.35. The molecule has 0 amide bonds. The van der Waals surface area contributed by atoms with Gasteiger partial charge in [0, 0.05) is 0 Å². The molecule has 0 aliphatic heterocycles. The molecule has 4 N–H and O–H groups in total. The Balaban J connectivity index is 3.34. The van der Waals surface area contributed by atoms with Crippen molar-refractivity contribution in [1.29, 1.82) is 0 Å². The number of sulfonamides is 1. The maximum absolute atomic E-state index is 13.6. The molecule has 21 heavy (non-hydrogen) atoms. The summed E-state index contributed by atoms with van der Waals surface area (Å²) in [6.07, 6.45) is 0.190. The second kappa shape index (κ2) is 6.35. The predicted molar refractivity (Wildman–Crippen MR) is 78.8 cm³/mol. The summed E-state index contributed by atoms with van der Waals surface area (Å²) in [4.78, 5) is -0.489. The molecular formula is C11H14Cl2FN3O3S. The highest BCUT2D eigenvalue weighted by atomic mass is 35.5. The van der Waals surface area contributed by atoms with Crippen molar-refractivity contribution >= 4 is 39.1 Å². The van der Waals surface area contributed by atoms with E-state index in [4.69, 9.17) is 34.1 Å². The van der Waals surface area contributed by atoms with E-state index in [1.54, 1.807) is 6.92 Å². The molecule has 0 saturated carbocycles. The number of nitrogens with one attached hydrogen (secondary N) is 1. The van der Waals surface area contributed by atoms with E-state index in [0.717, 1.165) is 12.1 Å². The van der Waals surface area contributed by atoms with Gasteiger partial charge < -0.3 is 10.9 Å². The Kier molecular flexibility index (Phi) is 5.43. The number of benzene rings is 1. The summed E-state index contributed by atoms with van der Waals surface area (Å²) < 4.78 is 40.5. The van der Waals surface area contributed by atoms with Crippen LogP contribution in [0.25, 0.3) is 0 Å². The van der Waals surface area contributed by atoms with Crippen molar-refractivity contribution in [2.24, 2.45) is 10.9 Å². The molecule has 1 unspecified atom stereocenters. The molecule has 0 radical (unpaired) electrons. The molecular weight excluding hydrogens is 344 g/mol. The summed E-state index contributed by atoms with van der Waals surface area (Å²) in [5.74, 6) is -1.37. The van der Waals surface area contributed by atoms with E-state index < -0.39 is 31.3 Å². The monoisotopic (exact) mass is 357 g/mol. The van der Waals surface area contributed by atoms with Crippen LogP contribution in [0.15, 0.2) is 22.2 Å². The summed E-state index contributed by atoms with van der Waals surface area (Å²) in [5.41, 5.74) is 4.13. The van der Waals surface area contributed by atoms with Gasteiger partial charge in [-0.3, -0.25) is 0 Å². The van der Waals surface area contributed by atoms with Crippen LogP contribution in [-0.4, -0.2) is 25.0 Å². The number of nitrogens with zero attached hydrogens (tertiary/aromatic N) is 1. The Morgan fingerprint density at radius 2 is 2.10 bits per heavy atom. The van der Waals surface area contributed by atoms with Crippen LogP contribution >= 0.6 is 23.2 Å². The molecule has 118 valence electrons. The van der Waals surface area contributed by atoms with E-state index in [9.17, 15) is 12.8 Å². The van der Waals surface area contributed by atoms with Crippen molar-refractivity contribution in [3.63, 3.8) is 0 Å². The topological polar surface area (TPSA) is 105 Å². The van der Waals surface area contributed by atoms with Crippen LogP contribution in [0.5, 0.6) is 0 Å². The first-order chi connectivity index (χ1) is 9.59. The quantitative estimate of drug-likeness (QED) is 0.247. The zero-order valence-electron chi connectivity index (χ0n) is 11.2. The van der Waals surface area contributed by atoms with Crippen LogP contribution in [0, 0.1) is 5.82 Å². The summed E-state index contributed by atoms with van der Waals surface area (Å²) in [6.45, 7) is 3.05. The lowest BCUT2D eigenvalue weighted by molar-refractivity contribution is 0.310. The van der Waals surface area contributed by atoms with Gasteiger partial charge in [0.2, 0.25) is 10.0 Å². The van der Waals surface area contributed by atoms with E-state index in [-0.39, 0.29) is 17.3 Å². The van der Waals surface area contributed by atoms with E-state index in [0.29, 0.717) is 0 Å². The number of rotatable bonds is 5. The molecule has 0 spiro atoms. The molecule has 1 rings (SSSR count). The first-order valence-electron chi connectivity index (χ1n) is 5.74. The number of hydrogen-bond acceptors (Lipinski definition) is 4. The SMILES string of the molecule is CCC(C)(NS(=O)(=O)c1ccc(Cl)c(F)c1Cl)/C(N)=N/O. The van der Waals surface area contributed by atoms with Crippen molar-refractivity contribution in [1.82, 2.24) is 4.72 Å². The minimum Gasteiger partial charge on any atom is -0.409 e. The van der Waals surface area contributed by atoms with Crippen molar-refractivity contribution < 1.29 is 18.0 Å². The fraction of sp³-hybridized carbons (Fsp3) is 0.364. The average Bonchev–Trinajstić information content (AvgIpc) is 2.42. The molecule has 1 aromatic carbocycles. The van der Waals surface area contributed by atoms with Gasteiger partial charge >= 0.3 is 0 Å². The van der Waals surface area contributed by atoms with Crippen LogP contribution in [0.3, 0.4) is 0 Å². The normalized spacial score (nSPS) is 15.8. The Bertz CT molecular complexity index is 682. The summed E-state index contributed by atoms with van der Waals surface area (Å²) in [6, 6.07) is 2.14. The van der Waals surface area contributed by atoms with Gasteiger partial charge in [0.25, 0.3) is 0 Å². The lowest BCUT2D eigenvalue weighted by Crippen LogP contribution is -2.54. The number of halogens is 3. The average molecular weight is 358 g/mol. The Morgan fingerprint density at radius 1 is 1.52 bits per heavy atom. The maximum atomic E-state index is 13.6. The van der Waals surface area contributed by atoms with Crippen LogP contribution in [0.2, 0.25) is 10.0 Å². The van der Waals surface area contributed by atoms with Crippen LogP contribution < -0.4 is 10.5 Å². The zero-order valence-corrected chi connectivity index (χ0v) is 13.5. The molecule has 0 saturated heterocycles. The summed E-state index contributed by atoms with van der Waals surface area (Å²) in [7, 11) is -4.21. The van der Waals surface area contributed by atoms with Gasteiger partial charge in [0.05, 0.1) is 15.6 Å². The first-order valence-corrected chi connectivity index (χ1v) is 7.98. The minimum absolute atomic E-state index is 0.190. The van der Waals surface area contributed by atoms with Crippen molar-refractivity contribution in [2.75, 3.05) is 0 Å². The molecule has 0 bridgehead atoms. The number of oxime groups is 1. The van der Waals surface area contributed by atoms with E-state index in [1.807, 2.05) is 0 Å². The molecule has 0 aromatic heterocycles. The lowest BCUT2D eigenvalue weighted by Gasteiger charge is -2.27. The van der Waals surface area contributed by atoms with Gasteiger partial charge in [0.1, 0.15) is 4.90 Å². The first kappa shape index (κ1) is 18.0. The van der Waals surface area contributed by atoms with Gasteiger partial charge in [-0.25, -0.2) is 12.8 Å². The molecule has 0 fully saturated rings. The highest BCUT2D eigenvalue weighted by molar-refractivity contribution is 7.89. The zero-order chi connectivity index (χ0) is 16.4. The number of hydrogen-bond donors (Lipinski definition) is 3. The molecule has 10 heteroatoms. The van der Waals surface area contributed by atoms with Gasteiger partial charge in [-0.1, -0.05) is 35.3 Å². The second-order valence-corrected chi connectivity index (χ2v) is 6.89. The largest absolute Gasteiger partial charge is 0.409 e. The third kappa shape index (κ3) is 3.57. The van der Waals surface area contributed by atoms with Crippen molar-refractivity contribution in [3.8, 4) is 0 Å². The molecule has 1 aromatic rings. The molecule has 0 aliphatic carbocycles. The van der Waals surface area contributed by atoms with Gasteiger partial charge in [0.15, 0.2) is 11.7 Å². The van der Waals surface area contributed by atoms with Gasteiger partial charge in [-0.2, -0.15) is 4.72 Å². The molecule has 1 atom stereocenters. The van der Waals surface area contributed by atoms with Gasteiger partial charge in [-0.15, -0.1) is 0 Å². The third-order valence-electron chi connectivity index (χ3n) is 3.03. The maximum Gasteiger partial charge on any atom is 0.243 e. The fourth-order valence-electron chi connectivity index (χ4n) is 1.48. The number of amidine groups is 1. The highest BCUT2D eigenvalue weighted by Crippen LogP contribution is 2.30. The summed E-state index contributed by atoms with van der Waals surface area (Å²) >= 11 is 11.2. The Morgan fingerprint density at radius 3 is 2.57 bits per heavy atom. The van der Waals surface area contributed by atoms with Crippen molar-refractivity contribution in [3.05, 3.63) is 28.0 Å². The smallest absolute Gasteiger partial charge is 0.243 e. The Labute approximate surface area is 131 Å². The third-order valence-corrected chi connectivity index (χ3v) is 5.44. The summed E-state index contributed by atoms with van der Waals surface area (Å²) in [5, 5.41) is 10.6. The lowest BCUT2D eigenvalue weighted by atomic mass is 10.00. The van der Waals surface area contributed by atoms with Gasteiger partial charge in [-0.05, 0) is 25.5 Å². The molecule has 6 nitrogen and oxygen atoms in total. The van der Waals surface area contributed by atoms with Crippen molar-refractivity contribution in [2.45, 2.75) is 30.7 Å².